The fourth-order valence-corrected chi connectivity index (χ4v) is 4.22. The largest absolute Gasteiger partial charge is 0.289 e. The second-order valence-corrected chi connectivity index (χ2v) is 7.37. The quantitative estimate of drug-likeness (QED) is 0.486. The van der Waals surface area contributed by atoms with E-state index in [1.807, 2.05) is 48.5 Å². The van der Waals surface area contributed by atoms with E-state index in [0.29, 0.717) is 32.6 Å². The van der Waals surface area contributed by atoms with Crippen LogP contribution in [0.2, 0.25) is 15.1 Å². The number of carbonyl (C=O) groups excluding carboxylic acids is 1. The van der Waals surface area contributed by atoms with Crippen LogP contribution in [0.3, 0.4) is 0 Å². The summed E-state index contributed by atoms with van der Waals surface area (Å²) in [5.41, 5.74) is 4.14. The van der Waals surface area contributed by atoms with Crippen LogP contribution in [0, 0.1) is 0 Å². The summed E-state index contributed by atoms with van der Waals surface area (Å²) in [4.78, 5) is 13.0. The van der Waals surface area contributed by atoms with Crippen molar-refractivity contribution in [1.82, 2.24) is 0 Å². The van der Waals surface area contributed by atoms with E-state index in [9.17, 15) is 4.79 Å². The first kappa shape index (κ1) is 16.7. The molecule has 0 saturated carbocycles. The van der Waals surface area contributed by atoms with Gasteiger partial charge >= 0.3 is 0 Å². The summed E-state index contributed by atoms with van der Waals surface area (Å²) in [5.74, 6) is -0.0956. The average Bonchev–Trinajstić information content (AvgIpc) is 2.60. The standard InChI is InChI=1S/C21H13Cl3O/c22-13-9-7-12(8-10-13)11-16-14-3-1-6-18(24)20(14)21(25)15-4-2-5-17(23)19(15)16/h1-10,16H,11H2. The smallest absolute Gasteiger partial charge is 0.195 e. The lowest BCUT2D eigenvalue weighted by atomic mass is 9.75. The number of rotatable bonds is 2. The topological polar surface area (TPSA) is 17.1 Å². The monoisotopic (exact) mass is 386 g/mol. The molecule has 1 atom stereocenters. The van der Waals surface area contributed by atoms with Crippen molar-refractivity contribution in [1.29, 1.82) is 0 Å². The SMILES string of the molecule is O=C1c2cccc(Cl)c2C(Cc2ccc(Cl)cc2)c2cccc(Cl)c21. The second kappa shape index (κ2) is 6.49. The molecule has 1 aliphatic rings. The summed E-state index contributed by atoms with van der Waals surface area (Å²) < 4.78 is 0. The highest BCUT2D eigenvalue weighted by atomic mass is 35.5. The molecule has 0 aromatic heterocycles. The predicted molar refractivity (Wildman–Crippen MR) is 103 cm³/mol. The highest BCUT2D eigenvalue weighted by Crippen LogP contribution is 2.43. The van der Waals surface area contributed by atoms with E-state index in [2.05, 4.69) is 0 Å². The third-order valence-corrected chi connectivity index (χ3v) is 5.54. The van der Waals surface area contributed by atoms with Gasteiger partial charge in [-0.05, 0) is 47.4 Å². The molecule has 1 aliphatic carbocycles. The molecule has 0 heterocycles. The van der Waals surface area contributed by atoms with Gasteiger partial charge in [0, 0.05) is 27.1 Å². The number of hydrogen-bond acceptors (Lipinski definition) is 1. The third kappa shape index (κ3) is 2.87. The van der Waals surface area contributed by atoms with Crippen LogP contribution in [0.5, 0.6) is 0 Å². The molecule has 25 heavy (non-hydrogen) atoms. The van der Waals surface area contributed by atoms with Gasteiger partial charge in [-0.2, -0.15) is 0 Å². The van der Waals surface area contributed by atoms with Crippen LogP contribution in [0.25, 0.3) is 0 Å². The van der Waals surface area contributed by atoms with E-state index in [1.54, 1.807) is 12.1 Å². The van der Waals surface area contributed by atoms with Crippen molar-refractivity contribution in [3.05, 3.63) is 104 Å². The fourth-order valence-electron chi connectivity index (χ4n) is 3.52. The molecule has 0 radical (unpaired) electrons. The molecule has 1 nitrogen and oxygen atoms in total. The normalized spacial score (nSPS) is 15.6. The lowest BCUT2D eigenvalue weighted by Crippen LogP contribution is -2.22. The summed E-state index contributed by atoms with van der Waals surface area (Å²) in [6.07, 6.45) is 0.717. The van der Waals surface area contributed by atoms with Gasteiger partial charge in [0.2, 0.25) is 0 Å². The Hall–Kier alpha value is -1.80. The molecule has 3 aromatic carbocycles. The van der Waals surface area contributed by atoms with Gasteiger partial charge in [-0.15, -0.1) is 0 Å². The van der Waals surface area contributed by atoms with Crippen molar-refractivity contribution in [2.75, 3.05) is 0 Å². The third-order valence-electron chi connectivity index (χ3n) is 4.65. The van der Waals surface area contributed by atoms with E-state index in [-0.39, 0.29) is 11.7 Å². The summed E-state index contributed by atoms with van der Waals surface area (Å²) in [6, 6.07) is 18.8. The van der Waals surface area contributed by atoms with Gasteiger partial charge in [0.1, 0.15) is 0 Å². The number of benzene rings is 3. The molecule has 0 N–H and O–H groups in total. The second-order valence-electron chi connectivity index (χ2n) is 6.12. The molecule has 4 rings (SSSR count). The van der Waals surface area contributed by atoms with Gasteiger partial charge in [-0.1, -0.05) is 71.2 Å². The minimum Gasteiger partial charge on any atom is -0.289 e. The summed E-state index contributed by atoms with van der Waals surface area (Å²) in [5, 5.41) is 1.79. The number of carbonyl (C=O) groups is 1. The molecule has 0 fully saturated rings. The summed E-state index contributed by atoms with van der Waals surface area (Å²) in [6.45, 7) is 0. The van der Waals surface area contributed by atoms with Crippen molar-refractivity contribution in [3.63, 3.8) is 0 Å². The molecule has 0 bridgehead atoms. The lowest BCUT2D eigenvalue weighted by molar-refractivity contribution is 0.103. The molecule has 0 spiro atoms. The molecule has 4 heteroatoms. The molecule has 0 amide bonds. The highest BCUT2D eigenvalue weighted by Gasteiger charge is 2.34. The highest BCUT2D eigenvalue weighted by molar-refractivity contribution is 6.36. The van der Waals surface area contributed by atoms with Gasteiger partial charge in [0.25, 0.3) is 0 Å². The minimum atomic E-state index is -0.0644. The van der Waals surface area contributed by atoms with E-state index in [4.69, 9.17) is 34.8 Å². The first-order valence-corrected chi connectivity index (χ1v) is 9.05. The Bertz CT molecular complexity index is 977. The molecular formula is C21H13Cl3O. The Morgan fingerprint density at radius 2 is 1.48 bits per heavy atom. The Kier molecular flexibility index (Phi) is 4.33. The van der Waals surface area contributed by atoms with Crippen LogP contribution < -0.4 is 0 Å². The number of hydrogen-bond donors (Lipinski definition) is 0. The average molecular weight is 388 g/mol. The number of ketones is 1. The zero-order chi connectivity index (χ0) is 17.6. The van der Waals surface area contributed by atoms with Gasteiger partial charge in [0.05, 0.1) is 5.02 Å². The number of halogens is 3. The van der Waals surface area contributed by atoms with Gasteiger partial charge in [0.15, 0.2) is 5.78 Å². The van der Waals surface area contributed by atoms with Crippen LogP contribution in [-0.2, 0) is 6.42 Å². The molecule has 0 saturated heterocycles. The zero-order valence-corrected chi connectivity index (χ0v) is 15.4. The fraction of sp³-hybridized carbons (Fsp3) is 0.0952. The van der Waals surface area contributed by atoms with E-state index >= 15 is 0 Å². The predicted octanol–water partition coefficient (Wildman–Crippen LogP) is 6.57. The zero-order valence-electron chi connectivity index (χ0n) is 13.1. The van der Waals surface area contributed by atoms with Crippen molar-refractivity contribution in [2.45, 2.75) is 12.3 Å². The lowest BCUT2D eigenvalue weighted by Gasteiger charge is -2.29. The van der Waals surface area contributed by atoms with Gasteiger partial charge in [-0.3, -0.25) is 4.79 Å². The Morgan fingerprint density at radius 3 is 2.24 bits per heavy atom. The van der Waals surface area contributed by atoms with Crippen molar-refractivity contribution in [3.8, 4) is 0 Å². The van der Waals surface area contributed by atoms with Gasteiger partial charge in [-0.25, -0.2) is 0 Å². The summed E-state index contributed by atoms with van der Waals surface area (Å²) >= 11 is 18.9. The molecular weight excluding hydrogens is 375 g/mol. The maximum absolute atomic E-state index is 13.0. The van der Waals surface area contributed by atoms with Crippen LogP contribution >= 0.6 is 34.8 Å². The Balaban J connectivity index is 1.91. The molecule has 0 aliphatic heterocycles. The van der Waals surface area contributed by atoms with Crippen LogP contribution in [0.15, 0.2) is 60.7 Å². The molecule has 124 valence electrons. The van der Waals surface area contributed by atoms with Crippen LogP contribution in [0.1, 0.15) is 38.5 Å². The maximum atomic E-state index is 13.0. The maximum Gasteiger partial charge on any atom is 0.195 e. The molecule has 1 unspecified atom stereocenters. The molecule has 3 aromatic rings. The van der Waals surface area contributed by atoms with Crippen molar-refractivity contribution in [2.24, 2.45) is 0 Å². The van der Waals surface area contributed by atoms with E-state index in [0.717, 1.165) is 16.7 Å². The number of fused-ring (bicyclic) bond motifs is 2. The van der Waals surface area contributed by atoms with Crippen molar-refractivity contribution < 1.29 is 4.79 Å². The Morgan fingerprint density at radius 1 is 0.800 bits per heavy atom. The van der Waals surface area contributed by atoms with Crippen molar-refractivity contribution >= 4 is 40.6 Å². The van der Waals surface area contributed by atoms with Gasteiger partial charge < -0.3 is 0 Å². The van der Waals surface area contributed by atoms with Crippen LogP contribution in [-0.4, -0.2) is 5.78 Å². The van der Waals surface area contributed by atoms with Crippen LogP contribution in [0.4, 0.5) is 0 Å². The first-order chi connectivity index (χ1) is 12.1. The van der Waals surface area contributed by atoms with E-state index < -0.39 is 0 Å². The Labute approximate surface area is 161 Å². The summed E-state index contributed by atoms with van der Waals surface area (Å²) in [7, 11) is 0. The first-order valence-electron chi connectivity index (χ1n) is 7.92. The minimum absolute atomic E-state index is 0.0312. The van der Waals surface area contributed by atoms with E-state index in [1.165, 1.54) is 0 Å².